The van der Waals surface area contributed by atoms with Gasteiger partial charge in [0, 0.05) is 0 Å². The third-order valence-corrected chi connectivity index (χ3v) is 0. The first-order valence-electron chi connectivity index (χ1n) is 1.10. The van der Waals surface area contributed by atoms with E-state index in [9.17, 15) is 0 Å². The smallest absolute Gasteiger partial charge is 0.356 e. The van der Waals surface area contributed by atoms with Gasteiger partial charge >= 0.3 is 41.7 Å². The van der Waals surface area contributed by atoms with Gasteiger partial charge in [-0.2, -0.15) is 0 Å². The standard InChI is InChI=1S/Ce.2NO3/c;2*2-1(3)4/q+4;2*-1. The van der Waals surface area contributed by atoms with Crippen molar-refractivity contribution in [2.24, 2.45) is 0 Å². The monoisotopic (exact) mass is 264 g/mol. The van der Waals surface area contributed by atoms with Crippen molar-refractivity contribution in [3.8, 4) is 0 Å². The minimum absolute atomic E-state index is 0. The molecule has 0 heterocycles. The summed E-state index contributed by atoms with van der Waals surface area (Å²) >= 11 is 0. The molecule has 0 aliphatic rings. The molecule has 0 saturated carbocycles. The zero-order valence-corrected chi connectivity index (χ0v) is 6.98. The molecule has 0 aliphatic heterocycles. The van der Waals surface area contributed by atoms with E-state index in [1.807, 2.05) is 0 Å². The Balaban J connectivity index is -0.0000000720. The van der Waals surface area contributed by atoms with Gasteiger partial charge in [0.2, 0.25) is 0 Å². The quantitative estimate of drug-likeness (QED) is 0.428. The number of hydrogen-bond acceptors (Lipinski definition) is 6. The second kappa shape index (κ2) is 10.7. The Morgan fingerprint density at radius 2 is 0.778 bits per heavy atom. The molecule has 0 radical (unpaired) electrons. The fraction of sp³-hybridized carbons (Fsp3) is 0. The van der Waals surface area contributed by atoms with E-state index in [2.05, 4.69) is 0 Å². The molecule has 0 fully saturated rings. The summed E-state index contributed by atoms with van der Waals surface area (Å²) in [4.78, 5) is 16.5. The van der Waals surface area contributed by atoms with Crippen molar-refractivity contribution in [2.75, 3.05) is 0 Å². The second-order valence-electron chi connectivity index (χ2n) is 0.447. The Morgan fingerprint density at radius 1 is 0.778 bits per heavy atom. The van der Waals surface area contributed by atoms with Gasteiger partial charge in [0.15, 0.2) is 0 Å². The molecule has 0 spiro atoms. The molecule has 8 nitrogen and oxygen atoms in total. The van der Waals surface area contributed by atoms with Gasteiger partial charge in [0.05, 0.1) is 10.2 Å². The average molecular weight is 264 g/mol. The summed E-state index contributed by atoms with van der Waals surface area (Å²) < 4.78 is 0. The largest absolute Gasteiger partial charge is 4.00 e. The molecular weight excluding hydrogens is 264 g/mol. The second-order valence-corrected chi connectivity index (χ2v) is 0.447. The predicted molar refractivity (Wildman–Crippen MR) is 20.7 cm³/mol. The van der Waals surface area contributed by atoms with E-state index < -0.39 is 10.2 Å². The minimum atomic E-state index is -1.75. The van der Waals surface area contributed by atoms with Gasteiger partial charge in [0.25, 0.3) is 0 Å². The summed E-state index contributed by atoms with van der Waals surface area (Å²) in [6.07, 6.45) is 0. The molecular formula is CeN2O6+2. The minimum Gasteiger partial charge on any atom is -0.356 e. The summed E-state index contributed by atoms with van der Waals surface area (Å²) in [5.41, 5.74) is 0. The molecule has 9 heteroatoms. The normalized spacial score (nSPS) is 5.33. The van der Waals surface area contributed by atoms with Crippen LogP contribution in [0.2, 0.25) is 0 Å². The van der Waals surface area contributed by atoms with Crippen LogP contribution in [0, 0.1) is 72.4 Å². The maximum Gasteiger partial charge on any atom is 4.00 e. The summed E-state index contributed by atoms with van der Waals surface area (Å²) in [7, 11) is 0. The molecule has 0 aromatic carbocycles. The average Bonchev–Trinajstić information content (AvgIpc) is 1.25. The van der Waals surface area contributed by atoms with Crippen LogP contribution < -0.4 is 0 Å². The van der Waals surface area contributed by atoms with Gasteiger partial charge in [-0.15, -0.1) is 0 Å². The van der Waals surface area contributed by atoms with Crippen LogP contribution in [0.5, 0.6) is 0 Å². The van der Waals surface area contributed by atoms with Crippen LogP contribution in [0.1, 0.15) is 0 Å². The SMILES string of the molecule is O=[N+]([O-])[O-].O=[N+]([O-])[O-].[Ce+4]. The van der Waals surface area contributed by atoms with Crippen molar-refractivity contribution in [1.82, 2.24) is 0 Å². The van der Waals surface area contributed by atoms with Crippen LogP contribution in [-0.2, 0) is 0 Å². The first-order chi connectivity index (χ1) is 3.46. The number of nitrogens with zero attached hydrogens (tertiary/aromatic N) is 2. The fourth-order valence-electron chi connectivity index (χ4n) is 0. The van der Waals surface area contributed by atoms with Crippen LogP contribution >= 0.6 is 0 Å². The van der Waals surface area contributed by atoms with Crippen molar-refractivity contribution < 1.29 is 51.9 Å². The van der Waals surface area contributed by atoms with E-state index >= 15 is 0 Å². The van der Waals surface area contributed by atoms with E-state index in [0.717, 1.165) is 0 Å². The van der Waals surface area contributed by atoms with Crippen LogP contribution in [0.25, 0.3) is 0 Å². The molecule has 0 aromatic heterocycles. The zero-order chi connectivity index (χ0) is 7.15. The summed E-state index contributed by atoms with van der Waals surface area (Å²) in [6, 6.07) is 0. The molecule has 0 bridgehead atoms. The van der Waals surface area contributed by atoms with Gasteiger partial charge in [-0.05, 0) is 0 Å². The fourth-order valence-corrected chi connectivity index (χ4v) is 0. The van der Waals surface area contributed by atoms with E-state index in [1.165, 1.54) is 0 Å². The van der Waals surface area contributed by atoms with Gasteiger partial charge in [-0.25, -0.2) is 0 Å². The van der Waals surface area contributed by atoms with Crippen LogP contribution in [-0.4, -0.2) is 10.2 Å². The molecule has 0 saturated heterocycles. The van der Waals surface area contributed by atoms with E-state index in [0.29, 0.717) is 0 Å². The van der Waals surface area contributed by atoms with Gasteiger partial charge in [0.1, 0.15) is 0 Å². The van der Waals surface area contributed by atoms with Crippen molar-refractivity contribution >= 4 is 0 Å². The predicted octanol–water partition coefficient (Wildman–Crippen LogP) is -0.478. The van der Waals surface area contributed by atoms with E-state index in [1.54, 1.807) is 0 Å². The van der Waals surface area contributed by atoms with Gasteiger partial charge in [-0.3, -0.25) is 0 Å². The molecule has 0 rings (SSSR count). The number of hydrogen-bond donors (Lipinski definition) is 0. The van der Waals surface area contributed by atoms with Gasteiger partial charge < -0.3 is 30.6 Å². The number of rotatable bonds is 0. The van der Waals surface area contributed by atoms with Crippen molar-refractivity contribution in [3.05, 3.63) is 30.6 Å². The van der Waals surface area contributed by atoms with E-state index in [-0.39, 0.29) is 41.7 Å². The Hall–Kier alpha value is -0.223. The molecule has 0 N–H and O–H groups in total. The Labute approximate surface area is 82.1 Å². The molecule has 0 aromatic rings. The topological polar surface area (TPSA) is 132 Å². The molecule has 0 aliphatic carbocycles. The third-order valence-electron chi connectivity index (χ3n) is 0. The first-order valence-corrected chi connectivity index (χ1v) is 1.10. The van der Waals surface area contributed by atoms with Crippen molar-refractivity contribution in [3.63, 3.8) is 0 Å². The molecule has 9 heavy (non-hydrogen) atoms. The molecule has 0 atom stereocenters. The Morgan fingerprint density at radius 3 is 0.778 bits per heavy atom. The molecule has 0 amide bonds. The van der Waals surface area contributed by atoms with Crippen LogP contribution in [0.3, 0.4) is 0 Å². The Kier molecular flexibility index (Phi) is 18.9. The first kappa shape index (κ1) is 15.9. The molecule has 48 valence electrons. The summed E-state index contributed by atoms with van der Waals surface area (Å²) in [5.74, 6) is 0. The van der Waals surface area contributed by atoms with E-state index in [4.69, 9.17) is 30.6 Å². The van der Waals surface area contributed by atoms with Gasteiger partial charge in [-0.1, -0.05) is 0 Å². The Bertz CT molecular complexity index is 69.1. The van der Waals surface area contributed by atoms with Crippen LogP contribution in [0.15, 0.2) is 0 Å². The summed E-state index contributed by atoms with van der Waals surface area (Å²) in [5, 5.41) is 29.5. The summed E-state index contributed by atoms with van der Waals surface area (Å²) in [6.45, 7) is 0. The van der Waals surface area contributed by atoms with Crippen LogP contribution in [0.4, 0.5) is 0 Å². The molecule has 0 unspecified atom stereocenters. The maximum absolute atomic E-state index is 8.25. The maximum atomic E-state index is 8.25. The zero-order valence-electron chi connectivity index (χ0n) is 3.84. The van der Waals surface area contributed by atoms with Crippen molar-refractivity contribution in [1.29, 1.82) is 0 Å². The third kappa shape index (κ3) is 5200. The van der Waals surface area contributed by atoms with Crippen molar-refractivity contribution in [2.45, 2.75) is 0 Å².